The summed E-state index contributed by atoms with van der Waals surface area (Å²) in [5.41, 5.74) is 5.10. The number of fused-ring (bicyclic) bond motifs is 1. The molecule has 0 bridgehead atoms. The number of nitrogens with one attached hydrogen (secondary N) is 2. The smallest absolute Gasteiger partial charge is 0.366 e. The summed E-state index contributed by atoms with van der Waals surface area (Å²) < 4.78 is 43.8. The summed E-state index contributed by atoms with van der Waals surface area (Å²) in [6, 6.07) is 11.5. The number of hydrogen-bond acceptors (Lipinski definition) is 3. The van der Waals surface area contributed by atoms with E-state index in [2.05, 4.69) is 9.97 Å². The Morgan fingerprint density at radius 3 is 2.75 bits per heavy atom. The number of aromatic nitrogens is 2. The molecule has 2 heterocycles. The zero-order valence-corrected chi connectivity index (χ0v) is 15.3. The molecule has 2 N–H and O–H groups in total. The molecular weight excluding hydrogens is 371 g/mol. The van der Waals surface area contributed by atoms with E-state index in [1.165, 1.54) is 0 Å². The third-order valence-electron chi connectivity index (χ3n) is 5.18. The molecule has 28 heavy (non-hydrogen) atoms. The highest BCUT2D eigenvalue weighted by atomic mass is 19.4. The highest BCUT2D eigenvalue weighted by molar-refractivity contribution is 5.82. The van der Waals surface area contributed by atoms with Crippen molar-refractivity contribution in [1.29, 1.82) is 0 Å². The first-order valence-electron chi connectivity index (χ1n) is 9.03. The molecule has 0 amide bonds. The zero-order chi connectivity index (χ0) is 19.9. The Hall–Kier alpha value is -2.58. The van der Waals surface area contributed by atoms with E-state index in [-0.39, 0.29) is 18.8 Å². The molecule has 0 saturated carbocycles. The third kappa shape index (κ3) is 3.70. The van der Waals surface area contributed by atoms with Gasteiger partial charge >= 0.3 is 11.9 Å². The first-order chi connectivity index (χ1) is 13.3. The van der Waals surface area contributed by atoms with E-state index in [9.17, 15) is 18.0 Å². The minimum absolute atomic E-state index is 0.0699. The summed E-state index contributed by atoms with van der Waals surface area (Å²) in [7, 11) is 0. The zero-order valence-electron chi connectivity index (χ0n) is 15.3. The summed E-state index contributed by atoms with van der Waals surface area (Å²) >= 11 is 0. The van der Waals surface area contributed by atoms with E-state index >= 15 is 0 Å². The maximum absolute atomic E-state index is 13.0. The first-order valence-corrected chi connectivity index (χ1v) is 9.03. The molecule has 1 aliphatic heterocycles. The highest BCUT2D eigenvalue weighted by Crippen LogP contribution is 2.30. The fraction of sp³-hybridized carbons (Fsp3) is 0.350. The van der Waals surface area contributed by atoms with Crippen LogP contribution in [-0.4, -0.2) is 46.8 Å². The van der Waals surface area contributed by atoms with Crippen LogP contribution in [0.2, 0.25) is 0 Å². The standard InChI is InChI=1S/C20H20F3N3O2/c1-12-14(10-26-7-8-28-18(11-26)20(21,22)23)3-2-4-15(12)13-5-6-16-17(9-13)25-19(27)24-16/h2-6,9,18H,7-8,10-11H2,1H3,(H2,24,25,27). The summed E-state index contributed by atoms with van der Waals surface area (Å²) in [6.07, 6.45) is -6.09. The number of alkyl halides is 3. The number of nitrogens with zero attached hydrogens (tertiary/aromatic N) is 1. The average Bonchev–Trinajstić information content (AvgIpc) is 3.02. The van der Waals surface area contributed by atoms with Crippen LogP contribution in [0.5, 0.6) is 0 Å². The van der Waals surface area contributed by atoms with E-state index in [0.29, 0.717) is 18.6 Å². The molecule has 1 unspecified atom stereocenters. The van der Waals surface area contributed by atoms with E-state index in [4.69, 9.17) is 4.74 Å². The molecule has 5 nitrogen and oxygen atoms in total. The number of imidazole rings is 1. The molecule has 0 aliphatic carbocycles. The van der Waals surface area contributed by atoms with Gasteiger partial charge in [-0.3, -0.25) is 4.90 Å². The minimum Gasteiger partial charge on any atom is -0.366 e. The van der Waals surface area contributed by atoms with Gasteiger partial charge in [0.2, 0.25) is 0 Å². The number of halogens is 3. The Labute approximate surface area is 159 Å². The molecule has 1 saturated heterocycles. The third-order valence-corrected chi connectivity index (χ3v) is 5.18. The molecule has 1 aromatic heterocycles. The van der Waals surface area contributed by atoms with Gasteiger partial charge in [-0.15, -0.1) is 0 Å². The van der Waals surface area contributed by atoms with Crippen molar-refractivity contribution >= 4 is 11.0 Å². The molecule has 2 aromatic carbocycles. The van der Waals surface area contributed by atoms with Gasteiger partial charge in [-0.05, 0) is 41.3 Å². The summed E-state index contributed by atoms with van der Waals surface area (Å²) in [6.45, 7) is 2.77. The first kappa shape index (κ1) is 18.8. The number of morpholine rings is 1. The Kier molecular flexibility index (Phi) is 4.76. The molecule has 148 valence electrons. The van der Waals surface area contributed by atoms with Crippen molar-refractivity contribution in [3.8, 4) is 11.1 Å². The second-order valence-electron chi connectivity index (χ2n) is 7.07. The van der Waals surface area contributed by atoms with Gasteiger partial charge in [-0.25, -0.2) is 4.79 Å². The van der Waals surface area contributed by atoms with Gasteiger partial charge in [0.1, 0.15) is 0 Å². The van der Waals surface area contributed by atoms with Crippen molar-refractivity contribution in [1.82, 2.24) is 14.9 Å². The van der Waals surface area contributed by atoms with Crippen LogP contribution in [0.3, 0.4) is 0 Å². The van der Waals surface area contributed by atoms with Gasteiger partial charge in [-0.2, -0.15) is 13.2 Å². The second-order valence-corrected chi connectivity index (χ2v) is 7.07. The number of aromatic amines is 2. The second kappa shape index (κ2) is 7.10. The molecule has 0 spiro atoms. The van der Waals surface area contributed by atoms with Crippen molar-refractivity contribution in [2.45, 2.75) is 25.7 Å². The van der Waals surface area contributed by atoms with Crippen molar-refractivity contribution in [3.05, 3.63) is 58.0 Å². The van der Waals surface area contributed by atoms with Crippen LogP contribution in [0, 0.1) is 6.92 Å². The quantitative estimate of drug-likeness (QED) is 0.717. The number of rotatable bonds is 3. The Bertz CT molecular complexity index is 1050. The van der Waals surface area contributed by atoms with E-state index in [1.54, 1.807) is 4.90 Å². The Morgan fingerprint density at radius 2 is 1.96 bits per heavy atom. The van der Waals surface area contributed by atoms with Crippen LogP contribution in [-0.2, 0) is 11.3 Å². The number of ether oxygens (including phenoxy) is 1. The highest BCUT2D eigenvalue weighted by Gasteiger charge is 2.43. The monoisotopic (exact) mass is 391 g/mol. The lowest BCUT2D eigenvalue weighted by Crippen LogP contribution is -2.48. The van der Waals surface area contributed by atoms with Crippen molar-refractivity contribution in [2.75, 3.05) is 19.7 Å². The number of benzene rings is 2. The molecule has 3 aromatic rings. The summed E-state index contributed by atoms with van der Waals surface area (Å²) in [5.74, 6) is 0. The lowest BCUT2D eigenvalue weighted by atomic mass is 9.95. The van der Waals surface area contributed by atoms with Crippen molar-refractivity contribution < 1.29 is 17.9 Å². The summed E-state index contributed by atoms with van der Waals surface area (Å²) in [5, 5.41) is 0. The minimum atomic E-state index is -4.35. The van der Waals surface area contributed by atoms with Gasteiger partial charge in [0, 0.05) is 19.6 Å². The van der Waals surface area contributed by atoms with Crippen LogP contribution in [0.15, 0.2) is 41.2 Å². The predicted molar refractivity (Wildman–Crippen MR) is 100 cm³/mol. The van der Waals surface area contributed by atoms with Gasteiger partial charge in [-0.1, -0.05) is 24.3 Å². The SMILES string of the molecule is Cc1c(CN2CCOC(C(F)(F)F)C2)cccc1-c1ccc2[nH]c(=O)[nH]c2c1. The van der Waals surface area contributed by atoms with E-state index < -0.39 is 12.3 Å². The fourth-order valence-corrected chi connectivity index (χ4v) is 3.65. The number of H-pyrrole nitrogens is 2. The van der Waals surface area contributed by atoms with Gasteiger partial charge in [0.15, 0.2) is 6.10 Å². The topological polar surface area (TPSA) is 61.1 Å². The molecular formula is C20H20F3N3O2. The lowest BCUT2D eigenvalue weighted by molar-refractivity contribution is -0.237. The normalized spacial score (nSPS) is 18.6. The van der Waals surface area contributed by atoms with Gasteiger partial charge in [0.25, 0.3) is 0 Å². The maximum atomic E-state index is 13.0. The van der Waals surface area contributed by atoms with Crippen LogP contribution < -0.4 is 5.69 Å². The van der Waals surface area contributed by atoms with Gasteiger partial charge < -0.3 is 14.7 Å². The number of hydrogen-bond donors (Lipinski definition) is 2. The van der Waals surface area contributed by atoms with Crippen LogP contribution in [0.1, 0.15) is 11.1 Å². The maximum Gasteiger partial charge on any atom is 0.415 e. The Morgan fingerprint density at radius 1 is 1.18 bits per heavy atom. The predicted octanol–water partition coefficient (Wildman–Crippen LogP) is 3.59. The molecule has 1 atom stereocenters. The van der Waals surface area contributed by atoms with E-state index in [0.717, 1.165) is 27.8 Å². The Balaban J connectivity index is 1.60. The van der Waals surface area contributed by atoms with Gasteiger partial charge in [0.05, 0.1) is 17.6 Å². The van der Waals surface area contributed by atoms with Crippen LogP contribution in [0.25, 0.3) is 22.2 Å². The van der Waals surface area contributed by atoms with Crippen molar-refractivity contribution in [3.63, 3.8) is 0 Å². The molecule has 8 heteroatoms. The molecule has 4 rings (SSSR count). The van der Waals surface area contributed by atoms with Crippen LogP contribution in [0.4, 0.5) is 13.2 Å². The molecule has 1 fully saturated rings. The summed E-state index contributed by atoms with van der Waals surface area (Å²) in [4.78, 5) is 18.7. The molecule has 0 radical (unpaired) electrons. The van der Waals surface area contributed by atoms with Crippen molar-refractivity contribution in [2.24, 2.45) is 0 Å². The fourth-order valence-electron chi connectivity index (χ4n) is 3.65. The largest absolute Gasteiger partial charge is 0.415 e. The average molecular weight is 391 g/mol. The van der Waals surface area contributed by atoms with Crippen LogP contribution >= 0.6 is 0 Å². The molecule has 1 aliphatic rings. The lowest BCUT2D eigenvalue weighted by Gasteiger charge is -2.34. The van der Waals surface area contributed by atoms with E-state index in [1.807, 2.05) is 43.3 Å².